The van der Waals surface area contributed by atoms with E-state index in [9.17, 15) is 9.90 Å². The van der Waals surface area contributed by atoms with Crippen LogP contribution in [-0.2, 0) is 4.79 Å². The van der Waals surface area contributed by atoms with E-state index in [1.807, 2.05) is 13.8 Å². The van der Waals surface area contributed by atoms with Gasteiger partial charge in [-0.05, 0) is 66.5 Å². The number of carbonyl (C=O) groups is 1. The molecule has 1 heterocycles. The van der Waals surface area contributed by atoms with E-state index in [0.29, 0.717) is 12.5 Å². The van der Waals surface area contributed by atoms with Crippen molar-refractivity contribution in [3.63, 3.8) is 0 Å². The molecule has 1 saturated heterocycles. The molecule has 1 aliphatic heterocycles. The maximum Gasteiger partial charge on any atom is 0.323 e. The Morgan fingerprint density at radius 1 is 1.56 bits per heavy atom. The Morgan fingerprint density at radius 2 is 2.22 bits per heavy atom. The van der Waals surface area contributed by atoms with E-state index < -0.39 is 11.5 Å². The minimum Gasteiger partial charge on any atom is -0.480 e. The largest absolute Gasteiger partial charge is 0.480 e. The lowest BCUT2D eigenvalue weighted by Crippen LogP contribution is -2.52. The van der Waals surface area contributed by atoms with Crippen LogP contribution < -0.4 is 5.32 Å². The highest BCUT2D eigenvalue weighted by Crippen LogP contribution is 2.19. The summed E-state index contributed by atoms with van der Waals surface area (Å²) in [5, 5.41) is 12.5. The second-order valence-electron chi connectivity index (χ2n) is 6.07. The van der Waals surface area contributed by atoms with Gasteiger partial charge in [0, 0.05) is 12.1 Å². The van der Waals surface area contributed by atoms with Crippen LogP contribution in [0.25, 0.3) is 0 Å². The summed E-state index contributed by atoms with van der Waals surface area (Å²) in [6.45, 7) is 10.2. The maximum absolute atomic E-state index is 11.4. The number of nitrogens with one attached hydrogen (secondary N) is 1. The van der Waals surface area contributed by atoms with Crippen molar-refractivity contribution >= 4 is 5.97 Å². The molecule has 0 amide bonds. The zero-order valence-corrected chi connectivity index (χ0v) is 12.2. The van der Waals surface area contributed by atoms with Gasteiger partial charge in [-0.25, -0.2) is 0 Å². The van der Waals surface area contributed by atoms with Gasteiger partial charge in [0.25, 0.3) is 0 Å². The fraction of sp³-hybridized carbons (Fsp3) is 0.929. The van der Waals surface area contributed by atoms with Gasteiger partial charge in [-0.2, -0.15) is 0 Å². The predicted octanol–water partition coefficient (Wildman–Crippen LogP) is 2.09. The molecule has 0 spiro atoms. The molecule has 2 unspecified atom stereocenters. The van der Waals surface area contributed by atoms with Crippen molar-refractivity contribution in [1.82, 2.24) is 10.2 Å². The van der Waals surface area contributed by atoms with E-state index in [-0.39, 0.29) is 6.04 Å². The highest BCUT2D eigenvalue weighted by Gasteiger charge is 2.33. The van der Waals surface area contributed by atoms with Gasteiger partial charge in [-0.1, -0.05) is 0 Å². The van der Waals surface area contributed by atoms with Crippen LogP contribution in [0.2, 0.25) is 0 Å². The second-order valence-corrected chi connectivity index (χ2v) is 6.07. The zero-order chi connectivity index (χ0) is 13.8. The van der Waals surface area contributed by atoms with Crippen LogP contribution in [0.3, 0.4) is 0 Å². The third-order valence-electron chi connectivity index (χ3n) is 3.89. The third-order valence-corrected chi connectivity index (χ3v) is 3.89. The van der Waals surface area contributed by atoms with Crippen molar-refractivity contribution in [1.29, 1.82) is 0 Å². The first-order chi connectivity index (χ1) is 8.35. The topological polar surface area (TPSA) is 52.6 Å². The standard InChI is InChI=1S/C14H28N2O2/c1-11(2)15-14(4,13(17)18)8-6-10-16-9-5-7-12(16)3/h11-12,15H,5-10H2,1-4H3,(H,17,18). The van der Waals surface area contributed by atoms with E-state index in [1.54, 1.807) is 6.92 Å². The molecule has 4 nitrogen and oxygen atoms in total. The fourth-order valence-corrected chi connectivity index (χ4v) is 2.84. The van der Waals surface area contributed by atoms with E-state index in [1.165, 1.54) is 19.4 Å². The number of hydrogen-bond donors (Lipinski definition) is 2. The monoisotopic (exact) mass is 256 g/mol. The molecular formula is C14H28N2O2. The van der Waals surface area contributed by atoms with Crippen LogP contribution in [0.1, 0.15) is 53.4 Å². The highest BCUT2D eigenvalue weighted by atomic mass is 16.4. The lowest BCUT2D eigenvalue weighted by atomic mass is 9.94. The van der Waals surface area contributed by atoms with Crippen LogP contribution in [0.15, 0.2) is 0 Å². The average Bonchev–Trinajstić information content (AvgIpc) is 2.63. The Morgan fingerprint density at radius 3 is 2.67 bits per heavy atom. The molecule has 1 rings (SSSR count). The van der Waals surface area contributed by atoms with Gasteiger partial charge in [0.15, 0.2) is 0 Å². The Hall–Kier alpha value is -0.610. The van der Waals surface area contributed by atoms with Crippen LogP contribution in [0.5, 0.6) is 0 Å². The first kappa shape index (κ1) is 15.4. The minimum absolute atomic E-state index is 0.191. The van der Waals surface area contributed by atoms with E-state index in [0.717, 1.165) is 13.0 Å². The Bertz CT molecular complexity index is 281. The van der Waals surface area contributed by atoms with Crippen molar-refractivity contribution in [2.45, 2.75) is 71.0 Å². The van der Waals surface area contributed by atoms with Gasteiger partial charge in [0.1, 0.15) is 5.54 Å². The molecule has 4 heteroatoms. The quantitative estimate of drug-likeness (QED) is 0.732. The summed E-state index contributed by atoms with van der Waals surface area (Å²) >= 11 is 0. The number of likely N-dealkylation sites (tertiary alicyclic amines) is 1. The normalized spacial score (nSPS) is 24.4. The summed E-state index contributed by atoms with van der Waals surface area (Å²) < 4.78 is 0. The molecule has 18 heavy (non-hydrogen) atoms. The molecular weight excluding hydrogens is 228 g/mol. The van der Waals surface area contributed by atoms with Gasteiger partial charge in [-0.3, -0.25) is 10.1 Å². The van der Waals surface area contributed by atoms with Gasteiger partial charge >= 0.3 is 5.97 Å². The summed E-state index contributed by atoms with van der Waals surface area (Å²) in [4.78, 5) is 13.8. The van der Waals surface area contributed by atoms with E-state index in [4.69, 9.17) is 0 Å². The van der Waals surface area contributed by atoms with Gasteiger partial charge in [0.05, 0.1) is 0 Å². The molecule has 1 aliphatic rings. The SMILES string of the molecule is CC(C)NC(C)(CCCN1CCCC1C)C(=O)O. The Kier molecular flexibility index (Phi) is 5.60. The smallest absolute Gasteiger partial charge is 0.323 e. The zero-order valence-electron chi connectivity index (χ0n) is 12.2. The number of carboxylic acids is 1. The van der Waals surface area contributed by atoms with E-state index >= 15 is 0 Å². The third kappa shape index (κ3) is 4.25. The van der Waals surface area contributed by atoms with Crippen LogP contribution in [-0.4, -0.2) is 46.7 Å². The Labute approximate surface area is 111 Å². The lowest BCUT2D eigenvalue weighted by molar-refractivity contribution is -0.144. The molecule has 2 N–H and O–H groups in total. The van der Waals surface area contributed by atoms with Crippen molar-refractivity contribution in [2.75, 3.05) is 13.1 Å². The summed E-state index contributed by atoms with van der Waals surface area (Å²) in [6, 6.07) is 0.857. The van der Waals surface area contributed by atoms with Gasteiger partial charge in [-0.15, -0.1) is 0 Å². The number of carboxylic acid groups (broad SMARTS) is 1. The molecule has 0 aliphatic carbocycles. The van der Waals surface area contributed by atoms with Crippen molar-refractivity contribution < 1.29 is 9.90 Å². The van der Waals surface area contributed by atoms with Crippen molar-refractivity contribution in [3.8, 4) is 0 Å². The first-order valence-corrected chi connectivity index (χ1v) is 7.10. The molecule has 0 saturated carbocycles. The van der Waals surface area contributed by atoms with Crippen LogP contribution in [0.4, 0.5) is 0 Å². The fourth-order valence-electron chi connectivity index (χ4n) is 2.84. The summed E-state index contributed by atoms with van der Waals surface area (Å²) in [5.74, 6) is -0.745. The average molecular weight is 256 g/mol. The number of nitrogens with zero attached hydrogens (tertiary/aromatic N) is 1. The molecule has 0 aromatic heterocycles. The molecule has 0 bridgehead atoms. The number of aliphatic carboxylic acids is 1. The maximum atomic E-state index is 11.4. The lowest BCUT2D eigenvalue weighted by Gasteiger charge is -2.30. The summed E-state index contributed by atoms with van der Waals surface area (Å²) in [7, 11) is 0. The number of rotatable bonds is 7. The van der Waals surface area contributed by atoms with Crippen molar-refractivity contribution in [2.24, 2.45) is 0 Å². The molecule has 106 valence electrons. The van der Waals surface area contributed by atoms with Crippen LogP contribution >= 0.6 is 0 Å². The molecule has 0 aromatic carbocycles. The minimum atomic E-state index is -0.795. The first-order valence-electron chi connectivity index (χ1n) is 7.10. The van der Waals surface area contributed by atoms with Gasteiger partial charge in [0.2, 0.25) is 0 Å². The highest BCUT2D eigenvalue weighted by molar-refractivity contribution is 5.78. The predicted molar refractivity (Wildman–Crippen MR) is 73.8 cm³/mol. The van der Waals surface area contributed by atoms with Crippen molar-refractivity contribution in [3.05, 3.63) is 0 Å². The van der Waals surface area contributed by atoms with Gasteiger partial charge < -0.3 is 10.0 Å². The van der Waals surface area contributed by atoms with E-state index in [2.05, 4.69) is 17.1 Å². The molecule has 2 atom stereocenters. The summed E-state index contributed by atoms with van der Waals surface area (Å²) in [5.41, 5.74) is -0.795. The molecule has 0 radical (unpaired) electrons. The molecule has 0 aromatic rings. The van der Waals surface area contributed by atoms with Crippen LogP contribution in [0, 0.1) is 0 Å². The Balaban J connectivity index is 2.40. The summed E-state index contributed by atoms with van der Waals surface area (Å²) in [6.07, 6.45) is 4.18. The second kappa shape index (κ2) is 6.53. The molecule has 1 fully saturated rings. The number of hydrogen-bond acceptors (Lipinski definition) is 3.